The van der Waals surface area contributed by atoms with E-state index in [4.69, 9.17) is 25.2 Å². The maximum atomic E-state index is 15.4. The lowest BCUT2D eigenvalue weighted by atomic mass is 9.91. The van der Waals surface area contributed by atoms with Gasteiger partial charge in [0.2, 0.25) is 5.91 Å². The van der Waals surface area contributed by atoms with Crippen molar-refractivity contribution in [3.8, 4) is 6.01 Å². The molecule has 1 amide bonds. The topological polar surface area (TPSA) is 97.0 Å². The summed E-state index contributed by atoms with van der Waals surface area (Å²) in [5.74, 6) is -0.747. The third-order valence-corrected chi connectivity index (χ3v) is 9.66. The highest BCUT2D eigenvalue weighted by molar-refractivity contribution is 5.87. The molecule has 0 spiro atoms. The lowest BCUT2D eigenvalue weighted by molar-refractivity contribution is -0.140. The number of piperazine rings is 1. The molecule has 4 aliphatic heterocycles. The summed E-state index contributed by atoms with van der Waals surface area (Å²) < 4.78 is 70.2. The molecule has 13 heteroatoms. The fourth-order valence-electron chi connectivity index (χ4n) is 7.50. The Bertz CT molecular complexity index is 1460. The number of amides is 1. The van der Waals surface area contributed by atoms with Gasteiger partial charge in [0.15, 0.2) is 5.82 Å². The number of hydrogen-bond donors (Lipinski definition) is 1. The van der Waals surface area contributed by atoms with Gasteiger partial charge in [0.05, 0.1) is 35.2 Å². The highest BCUT2D eigenvalue weighted by Gasteiger charge is 2.46. The Morgan fingerprint density at radius 2 is 1.95 bits per heavy atom. The molecule has 0 saturated carbocycles. The van der Waals surface area contributed by atoms with E-state index in [2.05, 4.69) is 11.5 Å². The van der Waals surface area contributed by atoms with Gasteiger partial charge in [-0.25, -0.2) is 4.39 Å². The van der Waals surface area contributed by atoms with Crippen LogP contribution < -0.4 is 15.4 Å². The number of anilines is 2. The molecule has 5 heterocycles. The predicted molar refractivity (Wildman–Crippen MR) is 156 cm³/mol. The van der Waals surface area contributed by atoms with Crippen LogP contribution in [0.2, 0.25) is 0 Å². The van der Waals surface area contributed by atoms with E-state index in [0.29, 0.717) is 43.3 Å². The van der Waals surface area contributed by atoms with Crippen molar-refractivity contribution in [2.45, 2.75) is 76.4 Å². The number of benzene rings is 1. The molecule has 2 aromatic rings. The molecule has 0 aliphatic carbocycles. The number of halogens is 4. The number of nitrogens with zero attached hydrogens (tertiary/aromatic N) is 5. The molecule has 2 atom stereocenters. The van der Waals surface area contributed by atoms with E-state index in [1.54, 1.807) is 4.90 Å². The number of nitrogens with two attached hydrogens (primary N) is 1. The lowest BCUT2D eigenvalue weighted by Gasteiger charge is -2.41. The second-order valence-corrected chi connectivity index (χ2v) is 12.4. The van der Waals surface area contributed by atoms with Crippen molar-refractivity contribution in [1.29, 1.82) is 0 Å². The van der Waals surface area contributed by atoms with Gasteiger partial charge in [-0.3, -0.25) is 9.69 Å². The van der Waals surface area contributed by atoms with Gasteiger partial charge in [-0.1, -0.05) is 6.58 Å². The SMILES string of the molecule is C=CC(=O)N1CCN(c2nc(OCC34CCCN3CCC4)nc3c2COC(c2c(F)c(N)cc(C)c2C(F)(F)F)C3)C(C)C1. The molecule has 1 aromatic heterocycles. The van der Waals surface area contributed by atoms with E-state index in [1.165, 1.54) is 13.0 Å². The summed E-state index contributed by atoms with van der Waals surface area (Å²) in [5, 5.41) is 0. The quantitative estimate of drug-likeness (QED) is 0.286. The third kappa shape index (κ3) is 5.38. The minimum absolute atomic E-state index is 0.0706. The predicted octanol–water partition coefficient (Wildman–Crippen LogP) is 4.57. The zero-order valence-corrected chi connectivity index (χ0v) is 25.1. The van der Waals surface area contributed by atoms with Gasteiger partial charge in [-0.2, -0.15) is 23.1 Å². The first-order valence-electron chi connectivity index (χ1n) is 15.1. The molecule has 6 rings (SSSR count). The molecule has 238 valence electrons. The summed E-state index contributed by atoms with van der Waals surface area (Å²) in [5.41, 5.74) is 4.54. The Balaban J connectivity index is 1.37. The van der Waals surface area contributed by atoms with Gasteiger partial charge in [-0.15, -0.1) is 0 Å². The average Bonchev–Trinajstić information content (AvgIpc) is 3.56. The number of aromatic nitrogens is 2. The summed E-state index contributed by atoms with van der Waals surface area (Å²) in [6, 6.07) is 0.990. The molecule has 44 heavy (non-hydrogen) atoms. The van der Waals surface area contributed by atoms with Gasteiger partial charge in [0, 0.05) is 43.2 Å². The van der Waals surface area contributed by atoms with Crippen molar-refractivity contribution < 1.29 is 31.8 Å². The first-order chi connectivity index (χ1) is 20.9. The summed E-state index contributed by atoms with van der Waals surface area (Å²) in [6.45, 7) is 10.5. The zero-order chi connectivity index (χ0) is 31.4. The number of carbonyl (C=O) groups excluding carboxylic acids is 1. The van der Waals surface area contributed by atoms with Crippen molar-refractivity contribution in [3.05, 3.63) is 52.5 Å². The minimum Gasteiger partial charge on any atom is -0.461 e. The van der Waals surface area contributed by atoms with E-state index in [1.807, 2.05) is 11.8 Å². The van der Waals surface area contributed by atoms with Crippen LogP contribution in [0.5, 0.6) is 6.01 Å². The number of alkyl halides is 3. The van der Waals surface area contributed by atoms with Crippen molar-refractivity contribution in [2.75, 3.05) is 50.0 Å². The zero-order valence-electron chi connectivity index (χ0n) is 25.1. The first-order valence-corrected chi connectivity index (χ1v) is 15.1. The van der Waals surface area contributed by atoms with E-state index >= 15 is 4.39 Å². The fourth-order valence-corrected chi connectivity index (χ4v) is 7.50. The Morgan fingerprint density at radius 1 is 1.23 bits per heavy atom. The Morgan fingerprint density at radius 3 is 2.61 bits per heavy atom. The summed E-state index contributed by atoms with van der Waals surface area (Å²) >= 11 is 0. The maximum absolute atomic E-state index is 15.4. The molecule has 0 bridgehead atoms. The van der Waals surface area contributed by atoms with Gasteiger partial charge in [0.1, 0.15) is 12.4 Å². The van der Waals surface area contributed by atoms with Crippen molar-refractivity contribution in [1.82, 2.24) is 19.8 Å². The molecule has 1 aromatic carbocycles. The van der Waals surface area contributed by atoms with Gasteiger partial charge < -0.3 is 25.0 Å². The highest BCUT2D eigenvalue weighted by Crippen LogP contribution is 2.45. The van der Waals surface area contributed by atoms with Crippen molar-refractivity contribution in [3.63, 3.8) is 0 Å². The van der Waals surface area contributed by atoms with Crippen LogP contribution in [0.4, 0.5) is 29.1 Å². The average molecular weight is 619 g/mol. The number of carbonyl (C=O) groups is 1. The molecule has 0 radical (unpaired) electrons. The van der Waals surface area contributed by atoms with Gasteiger partial charge in [0.25, 0.3) is 0 Å². The monoisotopic (exact) mass is 618 g/mol. The third-order valence-electron chi connectivity index (χ3n) is 9.66. The van der Waals surface area contributed by atoms with Crippen LogP contribution in [0.3, 0.4) is 0 Å². The Labute approximate surface area is 254 Å². The summed E-state index contributed by atoms with van der Waals surface area (Å²) in [7, 11) is 0. The molecule has 3 saturated heterocycles. The molecule has 4 aliphatic rings. The standard InChI is InChI=1S/C31H38F4N6O3/c1-4-24(42)39-11-12-41(19(3)15-39)28-20-16-43-23(25-26(31(33,34)35)18(2)13-21(36)27(25)32)14-22(20)37-29(38-28)44-17-30-7-5-9-40(30)10-6-8-30/h4,13,19,23H,1,5-12,14-17,36H2,2-3H3. The second kappa shape index (κ2) is 11.5. The molecule has 2 N–H and O–H groups in total. The van der Waals surface area contributed by atoms with Crippen LogP contribution in [0.1, 0.15) is 66.7 Å². The second-order valence-electron chi connectivity index (χ2n) is 12.4. The number of aryl methyl sites for hydroxylation is 1. The Kier molecular flexibility index (Phi) is 7.98. The van der Waals surface area contributed by atoms with Crippen LogP contribution in [-0.4, -0.2) is 76.6 Å². The molecular formula is C31H38F4N6O3. The minimum atomic E-state index is -4.81. The van der Waals surface area contributed by atoms with Crippen LogP contribution in [0, 0.1) is 12.7 Å². The Hall–Kier alpha value is -3.45. The van der Waals surface area contributed by atoms with Crippen molar-refractivity contribution >= 4 is 17.4 Å². The van der Waals surface area contributed by atoms with Crippen LogP contribution >= 0.6 is 0 Å². The van der Waals surface area contributed by atoms with E-state index in [0.717, 1.165) is 44.8 Å². The number of ether oxygens (including phenoxy) is 2. The smallest absolute Gasteiger partial charge is 0.417 e. The summed E-state index contributed by atoms with van der Waals surface area (Å²) in [6.07, 6.45) is -0.686. The number of hydrogen-bond acceptors (Lipinski definition) is 8. The fraction of sp³-hybridized carbons (Fsp3) is 0.581. The maximum Gasteiger partial charge on any atom is 0.417 e. The van der Waals surface area contributed by atoms with Crippen molar-refractivity contribution in [2.24, 2.45) is 0 Å². The van der Waals surface area contributed by atoms with E-state index in [-0.39, 0.29) is 47.8 Å². The number of rotatable bonds is 6. The van der Waals surface area contributed by atoms with Crippen LogP contribution in [-0.2, 0) is 28.7 Å². The van der Waals surface area contributed by atoms with Gasteiger partial charge >= 0.3 is 12.2 Å². The van der Waals surface area contributed by atoms with E-state index in [9.17, 15) is 18.0 Å². The molecular weight excluding hydrogens is 580 g/mol. The van der Waals surface area contributed by atoms with E-state index < -0.39 is 29.2 Å². The van der Waals surface area contributed by atoms with Crippen LogP contribution in [0.25, 0.3) is 0 Å². The molecule has 9 nitrogen and oxygen atoms in total. The normalized spacial score (nSPS) is 23.4. The molecule has 3 fully saturated rings. The van der Waals surface area contributed by atoms with Crippen LogP contribution in [0.15, 0.2) is 18.7 Å². The number of nitrogen functional groups attached to an aromatic ring is 1. The largest absolute Gasteiger partial charge is 0.461 e. The summed E-state index contributed by atoms with van der Waals surface area (Å²) in [4.78, 5) is 28.0. The molecule has 2 unspecified atom stereocenters. The first kappa shape index (κ1) is 30.6. The number of fused-ring (bicyclic) bond motifs is 2. The highest BCUT2D eigenvalue weighted by atomic mass is 19.4. The van der Waals surface area contributed by atoms with Gasteiger partial charge in [-0.05, 0) is 70.3 Å². The lowest BCUT2D eigenvalue weighted by Crippen LogP contribution is -2.54.